The largest absolute Gasteiger partial charge is 0.394 e. The number of hydrogen-bond acceptors (Lipinski definition) is 4. The van der Waals surface area contributed by atoms with Crippen molar-refractivity contribution in [1.29, 1.82) is 0 Å². The van der Waals surface area contributed by atoms with Gasteiger partial charge in [0.1, 0.15) is 5.82 Å². The van der Waals surface area contributed by atoms with Gasteiger partial charge in [0.15, 0.2) is 0 Å². The molecule has 0 atom stereocenters. The van der Waals surface area contributed by atoms with Gasteiger partial charge in [0.05, 0.1) is 12.3 Å². The molecule has 4 nitrogen and oxygen atoms in total. The van der Waals surface area contributed by atoms with Crippen LogP contribution in [0.1, 0.15) is 30.8 Å². The lowest BCUT2D eigenvalue weighted by Crippen LogP contribution is -2.53. The Hall–Kier alpha value is -1.00. The standard InChI is InChI=1S/C11H17N3O/c1-9-12-6-3-10(14-9)7-13-11(8-15)4-2-5-11/h3,6,13,15H,2,4-5,7-8H2,1H3. The number of hydrogen-bond donors (Lipinski definition) is 2. The normalized spacial score (nSPS) is 18.5. The monoisotopic (exact) mass is 207 g/mol. The molecule has 0 aliphatic heterocycles. The Bertz CT molecular complexity index is 331. The van der Waals surface area contributed by atoms with E-state index in [1.54, 1.807) is 6.20 Å². The van der Waals surface area contributed by atoms with Crippen LogP contribution in [0.4, 0.5) is 0 Å². The van der Waals surface area contributed by atoms with Crippen LogP contribution in [0, 0.1) is 6.92 Å². The number of aromatic nitrogens is 2. The van der Waals surface area contributed by atoms with Gasteiger partial charge in [0.25, 0.3) is 0 Å². The highest BCUT2D eigenvalue weighted by Crippen LogP contribution is 2.31. The van der Waals surface area contributed by atoms with Gasteiger partial charge in [-0.2, -0.15) is 0 Å². The molecular weight excluding hydrogens is 190 g/mol. The van der Waals surface area contributed by atoms with Gasteiger partial charge in [-0.15, -0.1) is 0 Å². The van der Waals surface area contributed by atoms with E-state index in [0.717, 1.165) is 24.4 Å². The summed E-state index contributed by atoms with van der Waals surface area (Å²) in [5.74, 6) is 0.793. The van der Waals surface area contributed by atoms with Crippen LogP contribution in [-0.4, -0.2) is 27.2 Å². The maximum Gasteiger partial charge on any atom is 0.125 e. The lowest BCUT2D eigenvalue weighted by Gasteiger charge is -2.41. The molecule has 0 radical (unpaired) electrons. The second kappa shape index (κ2) is 4.24. The van der Waals surface area contributed by atoms with Gasteiger partial charge in [-0.1, -0.05) is 0 Å². The SMILES string of the molecule is Cc1nccc(CNC2(CO)CCC2)n1. The van der Waals surface area contributed by atoms with Gasteiger partial charge in [-0.05, 0) is 32.3 Å². The van der Waals surface area contributed by atoms with Gasteiger partial charge in [0.2, 0.25) is 0 Å². The maximum atomic E-state index is 9.27. The molecule has 1 aromatic rings. The Morgan fingerprint density at radius 1 is 1.53 bits per heavy atom. The number of aliphatic hydroxyl groups is 1. The lowest BCUT2D eigenvalue weighted by atomic mass is 9.77. The third-order valence-electron chi connectivity index (χ3n) is 3.09. The smallest absolute Gasteiger partial charge is 0.125 e. The van der Waals surface area contributed by atoms with E-state index < -0.39 is 0 Å². The Morgan fingerprint density at radius 2 is 2.33 bits per heavy atom. The first-order chi connectivity index (χ1) is 7.24. The Balaban J connectivity index is 1.92. The summed E-state index contributed by atoms with van der Waals surface area (Å²) < 4.78 is 0. The van der Waals surface area contributed by atoms with E-state index in [1.165, 1.54) is 6.42 Å². The zero-order valence-corrected chi connectivity index (χ0v) is 9.03. The van der Waals surface area contributed by atoms with E-state index in [2.05, 4.69) is 15.3 Å². The van der Waals surface area contributed by atoms with Crippen LogP contribution in [0.5, 0.6) is 0 Å². The molecule has 0 spiro atoms. The molecule has 2 rings (SSSR count). The zero-order valence-electron chi connectivity index (χ0n) is 9.03. The van der Waals surface area contributed by atoms with Crippen molar-refractivity contribution < 1.29 is 5.11 Å². The molecule has 1 fully saturated rings. The predicted octanol–water partition coefficient (Wildman–Crippen LogP) is 0.790. The van der Waals surface area contributed by atoms with Crippen molar-refractivity contribution in [1.82, 2.24) is 15.3 Å². The minimum absolute atomic E-state index is 0.0428. The fraction of sp³-hybridized carbons (Fsp3) is 0.636. The van der Waals surface area contributed by atoms with Crippen molar-refractivity contribution in [3.05, 3.63) is 23.8 Å². The molecule has 0 saturated heterocycles. The third kappa shape index (κ3) is 2.33. The van der Waals surface area contributed by atoms with Crippen LogP contribution in [0.25, 0.3) is 0 Å². The van der Waals surface area contributed by atoms with Crippen molar-refractivity contribution in [2.24, 2.45) is 0 Å². The maximum absolute atomic E-state index is 9.27. The van der Waals surface area contributed by atoms with E-state index >= 15 is 0 Å². The highest BCUT2D eigenvalue weighted by atomic mass is 16.3. The fourth-order valence-electron chi connectivity index (χ4n) is 1.88. The molecule has 1 aromatic heterocycles. The van der Waals surface area contributed by atoms with Gasteiger partial charge in [0, 0.05) is 18.3 Å². The quantitative estimate of drug-likeness (QED) is 0.766. The Morgan fingerprint density at radius 3 is 2.87 bits per heavy atom. The van der Waals surface area contributed by atoms with Crippen LogP contribution < -0.4 is 5.32 Å². The van der Waals surface area contributed by atoms with E-state index in [4.69, 9.17) is 0 Å². The number of aryl methyl sites for hydroxylation is 1. The average Bonchev–Trinajstić information content (AvgIpc) is 2.17. The zero-order chi connectivity index (χ0) is 10.7. The molecule has 4 heteroatoms. The molecule has 1 aliphatic rings. The summed E-state index contributed by atoms with van der Waals surface area (Å²) in [5, 5.41) is 12.7. The van der Waals surface area contributed by atoms with Crippen LogP contribution in [0.3, 0.4) is 0 Å². The van der Waals surface area contributed by atoms with Crippen molar-refractivity contribution in [2.75, 3.05) is 6.61 Å². The predicted molar refractivity (Wildman–Crippen MR) is 57.3 cm³/mol. The van der Waals surface area contributed by atoms with Crippen LogP contribution in [-0.2, 0) is 6.54 Å². The first kappa shape index (κ1) is 10.5. The summed E-state index contributed by atoms with van der Waals surface area (Å²) in [7, 11) is 0. The van der Waals surface area contributed by atoms with Crippen molar-refractivity contribution in [3.8, 4) is 0 Å². The molecule has 0 unspecified atom stereocenters. The fourth-order valence-corrected chi connectivity index (χ4v) is 1.88. The minimum atomic E-state index is -0.0428. The van der Waals surface area contributed by atoms with E-state index in [-0.39, 0.29) is 12.1 Å². The van der Waals surface area contributed by atoms with Gasteiger partial charge >= 0.3 is 0 Å². The molecule has 0 aromatic carbocycles. The van der Waals surface area contributed by atoms with Gasteiger partial charge in [-0.25, -0.2) is 9.97 Å². The summed E-state index contributed by atoms with van der Waals surface area (Å²) in [5.41, 5.74) is 0.945. The first-order valence-corrected chi connectivity index (χ1v) is 5.39. The molecule has 1 heterocycles. The average molecular weight is 207 g/mol. The third-order valence-corrected chi connectivity index (χ3v) is 3.09. The number of rotatable bonds is 4. The molecule has 15 heavy (non-hydrogen) atoms. The first-order valence-electron chi connectivity index (χ1n) is 5.39. The molecule has 1 aliphatic carbocycles. The number of nitrogens with one attached hydrogen (secondary N) is 1. The minimum Gasteiger partial charge on any atom is -0.394 e. The molecule has 0 amide bonds. The molecule has 0 bridgehead atoms. The Labute approximate surface area is 89.8 Å². The summed E-state index contributed by atoms with van der Waals surface area (Å²) >= 11 is 0. The van der Waals surface area contributed by atoms with Crippen molar-refractivity contribution >= 4 is 0 Å². The van der Waals surface area contributed by atoms with Crippen LogP contribution in [0.2, 0.25) is 0 Å². The number of aliphatic hydroxyl groups excluding tert-OH is 1. The van der Waals surface area contributed by atoms with Crippen molar-refractivity contribution in [2.45, 2.75) is 38.3 Å². The van der Waals surface area contributed by atoms with Crippen LogP contribution in [0.15, 0.2) is 12.3 Å². The second-order valence-corrected chi connectivity index (χ2v) is 4.24. The summed E-state index contributed by atoms with van der Waals surface area (Å²) in [6.45, 7) is 2.82. The topological polar surface area (TPSA) is 58.0 Å². The van der Waals surface area contributed by atoms with Crippen molar-refractivity contribution in [3.63, 3.8) is 0 Å². The Kier molecular flexibility index (Phi) is 2.98. The summed E-state index contributed by atoms with van der Waals surface area (Å²) in [6, 6.07) is 1.91. The molecular formula is C11H17N3O. The van der Waals surface area contributed by atoms with E-state index in [0.29, 0.717) is 6.54 Å². The number of nitrogens with zero attached hydrogens (tertiary/aromatic N) is 2. The lowest BCUT2D eigenvalue weighted by molar-refractivity contribution is 0.0868. The molecule has 1 saturated carbocycles. The van der Waals surface area contributed by atoms with E-state index in [9.17, 15) is 5.11 Å². The summed E-state index contributed by atoms with van der Waals surface area (Å²) in [4.78, 5) is 8.36. The molecule has 2 N–H and O–H groups in total. The second-order valence-electron chi connectivity index (χ2n) is 4.24. The highest BCUT2D eigenvalue weighted by Gasteiger charge is 2.35. The van der Waals surface area contributed by atoms with Gasteiger partial charge in [-0.3, -0.25) is 0 Å². The summed E-state index contributed by atoms with van der Waals surface area (Å²) in [6.07, 6.45) is 5.10. The van der Waals surface area contributed by atoms with Crippen LogP contribution >= 0.6 is 0 Å². The van der Waals surface area contributed by atoms with E-state index in [1.807, 2.05) is 13.0 Å². The highest BCUT2D eigenvalue weighted by molar-refractivity contribution is 5.04. The molecule has 82 valence electrons. The van der Waals surface area contributed by atoms with Gasteiger partial charge < -0.3 is 10.4 Å².